The lowest BCUT2D eigenvalue weighted by Crippen LogP contribution is -2.18. The summed E-state index contributed by atoms with van der Waals surface area (Å²) < 4.78 is 2.08. The molecule has 19 heavy (non-hydrogen) atoms. The molecule has 2 rings (SSSR count). The standard InChI is InChI=1S/C16H23N3/c1-4-19-15(9-13(3)18-19)10-14(11-17)16-8-6-5-7-12(16)2/h5-9,14H,4,10-11,17H2,1-3H3. The van der Waals surface area contributed by atoms with Crippen molar-refractivity contribution in [1.29, 1.82) is 0 Å². The third-order valence-electron chi connectivity index (χ3n) is 3.65. The average molecular weight is 257 g/mol. The van der Waals surface area contributed by atoms with Crippen LogP contribution in [0.2, 0.25) is 0 Å². The molecule has 3 nitrogen and oxygen atoms in total. The number of nitrogens with zero attached hydrogens (tertiary/aromatic N) is 2. The van der Waals surface area contributed by atoms with Gasteiger partial charge in [0.1, 0.15) is 0 Å². The second-order valence-electron chi connectivity index (χ2n) is 5.09. The maximum atomic E-state index is 5.99. The molecule has 0 spiro atoms. The molecule has 2 N–H and O–H groups in total. The summed E-state index contributed by atoms with van der Waals surface area (Å²) in [6.07, 6.45) is 0.954. The van der Waals surface area contributed by atoms with Crippen molar-refractivity contribution in [2.24, 2.45) is 5.73 Å². The number of nitrogens with two attached hydrogens (primary N) is 1. The van der Waals surface area contributed by atoms with Gasteiger partial charge in [-0.3, -0.25) is 4.68 Å². The van der Waals surface area contributed by atoms with Crippen LogP contribution in [0.1, 0.15) is 35.4 Å². The van der Waals surface area contributed by atoms with Crippen LogP contribution in [-0.2, 0) is 13.0 Å². The normalized spacial score (nSPS) is 12.6. The van der Waals surface area contributed by atoms with Gasteiger partial charge in [-0.05, 0) is 50.9 Å². The second kappa shape index (κ2) is 6.02. The van der Waals surface area contributed by atoms with Gasteiger partial charge in [0.15, 0.2) is 0 Å². The van der Waals surface area contributed by atoms with Crippen LogP contribution >= 0.6 is 0 Å². The summed E-state index contributed by atoms with van der Waals surface area (Å²) >= 11 is 0. The molecule has 1 aromatic carbocycles. The number of hydrogen-bond donors (Lipinski definition) is 1. The molecular weight excluding hydrogens is 234 g/mol. The van der Waals surface area contributed by atoms with E-state index in [-0.39, 0.29) is 0 Å². The van der Waals surface area contributed by atoms with Crippen LogP contribution in [0.25, 0.3) is 0 Å². The van der Waals surface area contributed by atoms with Gasteiger partial charge in [-0.2, -0.15) is 5.10 Å². The molecule has 102 valence electrons. The summed E-state index contributed by atoms with van der Waals surface area (Å²) in [5.41, 5.74) is 11.0. The minimum absolute atomic E-state index is 0.364. The van der Waals surface area contributed by atoms with Gasteiger partial charge in [0, 0.05) is 18.2 Å². The third-order valence-corrected chi connectivity index (χ3v) is 3.65. The average Bonchev–Trinajstić information content (AvgIpc) is 2.77. The second-order valence-corrected chi connectivity index (χ2v) is 5.09. The number of hydrogen-bond acceptors (Lipinski definition) is 2. The summed E-state index contributed by atoms with van der Waals surface area (Å²) in [7, 11) is 0. The first-order chi connectivity index (χ1) is 9.15. The van der Waals surface area contributed by atoms with Gasteiger partial charge in [-0.25, -0.2) is 0 Å². The Balaban J connectivity index is 2.26. The Morgan fingerprint density at radius 3 is 2.63 bits per heavy atom. The molecule has 0 saturated carbocycles. The van der Waals surface area contributed by atoms with E-state index in [1.54, 1.807) is 0 Å². The highest BCUT2D eigenvalue weighted by molar-refractivity contribution is 5.30. The molecule has 0 radical (unpaired) electrons. The topological polar surface area (TPSA) is 43.8 Å². The Labute approximate surface area is 115 Å². The van der Waals surface area contributed by atoms with Gasteiger partial charge in [-0.15, -0.1) is 0 Å². The Morgan fingerprint density at radius 2 is 2.00 bits per heavy atom. The molecule has 0 aliphatic rings. The first-order valence-electron chi connectivity index (χ1n) is 6.94. The first kappa shape index (κ1) is 13.8. The van der Waals surface area contributed by atoms with Gasteiger partial charge in [0.05, 0.1) is 5.69 Å². The van der Waals surface area contributed by atoms with E-state index in [9.17, 15) is 0 Å². The highest BCUT2D eigenvalue weighted by Gasteiger charge is 2.15. The van der Waals surface area contributed by atoms with E-state index in [0.29, 0.717) is 12.5 Å². The monoisotopic (exact) mass is 257 g/mol. The van der Waals surface area contributed by atoms with Gasteiger partial charge in [0.2, 0.25) is 0 Å². The smallest absolute Gasteiger partial charge is 0.0596 e. The largest absolute Gasteiger partial charge is 0.330 e. The number of aromatic nitrogens is 2. The fourth-order valence-corrected chi connectivity index (χ4v) is 2.65. The van der Waals surface area contributed by atoms with Crippen LogP contribution in [0, 0.1) is 13.8 Å². The summed E-state index contributed by atoms with van der Waals surface area (Å²) in [6, 6.07) is 10.7. The minimum atomic E-state index is 0.364. The van der Waals surface area contributed by atoms with Crippen molar-refractivity contribution in [2.75, 3.05) is 6.54 Å². The summed E-state index contributed by atoms with van der Waals surface area (Å²) in [5.74, 6) is 0.364. The molecule has 2 aromatic rings. The minimum Gasteiger partial charge on any atom is -0.330 e. The van der Waals surface area contributed by atoms with Gasteiger partial charge in [-0.1, -0.05) is 24.3 Å². The predicted molar refractivity (Wildman–Crippen MR) is 79.3 cm³/mol. The zero-order valence-electron chi connectivity index (χ0n) is 12.1. The Hall–Kier alpha value is -1.61. The zero-order valence-corrected chi connectivity index (χ0v) is 12.1. The van der Waals surface area contributed by atoms with Crippen molar-refractivity contribution in [2.45, 2.75) is 39.7 Å². The molecule has 0 bridgehead atoms. The Kier molecular flexibility index (Phi) is 4.38. The van der Waals surface area contributed by atoms with Crippen LogP contribution in [0.15, 0.2) is 30.3 Å². The van der Waals surface area contributed by atoms with E-state index >= 15 is 0 Å². The lowest BCUT2D eigenvalue weighted by Gasteiger charge is -2.18. The molecule has 0 saturated heterocycles. The Bertz CT molecular complexity index is 543. The molecule has 0 aliphatic heterocycles. The lowest BCUT2D eigenvalue weighted by molar-refractivity contribution is 0.582. The third kappa shape index (κ3) is 3.04. The van der Waals surface area contributed by atoms with Gasteiger partial charge >= 0.3 is 0 Å². The summed E-state index contributed by atoms with van der Waals surface area (Å²) in [5, 5.41) is 4.51. The molecule has 1 atom stereocenters. The van der Waals surface area contributed by atoms with Gasteiger partial charge < -0.3 is 5.73 Å². The van der Waals surface area contributed by atoms with Crippen LogP contribution in [0.4, 0.5) is 0 Å². The van der Waals surface area contributed by atoms with E-state index in [4.69, 9.17) is 5.73 Å². The highest BCUT2D eigenvalue weighted by atomic mass is 15.3. The van der Waals surface area contributed by atoms with E-state index in [2.05, 4.69) is 54.0 Å². The number of rotatable bonds is 5. The van der Waals surface area contributed by atoms with E-state index in [1.165, 1.54) is 16.8 Å². The Morgan fingerprint density at radius 1 is 1.26 bits per heavy atom. The van der Waals surface area contributed by atoms with Crippen LogP contribution in [0.3, 0.4) is 0 Å². The summed E-state index contributed by atoms with van der Waals surface area (Å²) in [6.45, 7) is 7.90. The van der Waals surface area contributed by atoms with Crippen molar-refractivity contribution in [1.82, 2.24) is 9.78 Å². The van der Waals surface area contributed by atoms with Crippen molar-refractivity contribution in [3.63, 3.8) is 0 Å². The lowest BCUT2D eigenvalue weighted by atomic mass is 9.91. The number of aryl methyl sites for hydroxylation is 3. The molecule has 1 unspecified atom stereocenters. The van der Waals surface area contributed by atoms with E-state index in [0.717, 1.165) is 18.7 Å². The molecule has 0 fully saturated rings. The summed E-state index contributed by atoms with van der Waals surface area (Å²) in [4.78, 5) is 0. The quantitative estimate of drug-likeness (QED) is 0.895. The highest BCUT2D eigenvalue weighted by Crippen LogP contribution is 2.23. The fraction of sp³-hybridized carbons (Fsp3) is 0.438. The molecular formula is C16H23N3. The molecule has 1 aromatic heterocycles. The van der Waals surface area contributed by atoms with Crippen molar-refractivity contribution < 1.29 is 0 Å². The molecule has 1 heterocycles. The van der Waals surface area contributed by atoms with Gasteiger partial charge in [0.25, 0.3) is 0 Å². The van der Waals surface area contributed by atoms with Crippen molar-refractivity contribution >= 4 is 0 Å². The van der Waals surface area contributed by atoms with Crippen molar-refractivity contribution in [3.05, 3.63) is 52.8 Å². The van der Waals surface area contributed by atoms with Crippen molar-refractivity contribution in [3.8, 4) is 0 Å². The zero-order chi connectivity index (χ0) is 13.8. The maximum Gasteiger partial charge on any atom is 0.0596 e. The SMILES string of the molecule is CCn1nc(C)cc1CC(CN)c1ccccc1C. The maximum absolute atomic E-state index is 5.99. The molecule has 0 aliphatic carbocycles. The van der Waals surface area contributed by atoms with E-state index < -0.39 is 0 Å². The fourth-order valence-electron chi connectivity index (χ4n) is 2.65. The van der Waals surface area contributed by atoms with Crippen LogP contribution < -0.4 is 5.73 Å². The van der Waals surface area contributed by atoms with Crippen LogP contribution in [-0.4, -0.2) is 16.3 Å². The van der Waals surface area contributed by atoms with Crippen LogP contribution in [0.5, 0.6) is 0 Å². The molecule has 0 amide bonds. The predicted octanol–water partition coefficient (Wildman–Crippen LogP) is 2.80. The number of benzene rings is 1. The first-order valence-corrected chi connectivity index (χ1v) is 6.94. The van der Waals surface area contributed by atoms with E-state index in [1.807, 2.05) is 6.92 Å². The molecule has 3 heteroatoms.